The minimum absolute atomic E-state index is 0.0666. The van der Waals surface area contributed by atoms with Crippen molar-refractivity contribution < 1.29 is 26.7 Å². The van der Waals surface area contributed by atoms with Crippen molar-refractivity contribution in [2.24, 2.45) is 5.14 Å². The Morgan fingerprint density at radius 1 is 1.09 bits per heavy atom. The summed E-state index contributed by atoms with van der Waals surface area (Å²) < 4.78 is 61.3. The Hall–Kier alpha value is -3.24. The van der Waals surface area contributed by atoms with Gasteiger partial charge in [0.1, 0.15) is 5.69 Å². The molecule has 0 amide bonds. The fourth-order valence-electron chi connectivity index (χ4n) is 3.35. The number of benzene rings is 2. The predicted molar refractivity (Wildman–Crippen MR) is 114 cm³/mol. The fourth-order valence-corrected chi connectivity index (χ4v) is 3.86. The Morgan fingerprint density at radius 2 is 1.84 bits per heavy atom. The molecule has 0 radical (unpaired) electrons. The summed E-state index contributed by atoms with van der Waals surface area (Å²) in [6.07, 6.45) is 3.32. The Morgan fingerprint density at radius 3 is 2.56 bits per heavy atom. The fraction of sp³-hybridized carbons (Fsp3) is 0.227. The number of sulfonamides is 1. The molecule has 0 atom stereocenters. The third-order valence-electron chi connectivity index (χ3n) is 4.95. The van der Waals surface area contributed by atoms with Gasteiger partial charge in [-0.25, -0.2) is 27.0 Å². The minimum atomic E-state index is -3.85. The highest BCUT2D eigenvalue weighted by Crippen LogP contribution is 2.33. The van der Waals surface area contributed by atoms with Gasteiger partial charge in [0.25, 0.3) is 6.43 Å². The van der Waals surface area contributed by atoms with Gasteiger partial charge in [-0.3, -0.25) is 0 Å². The molecule has 4 rings (SSSR count). The molecule has 0 saturated heterocycles. The van der Waals surface area contributed by atoms with Crippen LogP contribution in [0.1, 0.15) is 36.2 Å². The normalized spacial score (nSPS) is 13.4. The van der Waals surface area contributed by atoms with Gasteiger partial charge in [0.05, 0.1) is 16.3 Å². The second-order valence-electron chi connectivity index (χ2n) is 7.23. The van der Waals surface area contributed by atoms with E-state index in [9.17, 15) is 17.2 Å². The average Bonchev–Trinajstić information content (AvgIpc) is 3.40. The summed E-state index contributed by atoms with van der Waals surface area (Å²) in [5.41, 5.74) is 1.68. The number of primary sulfonamides is 1. The SMILES string of the molecule is NS(=O)(=O)c1ccc(-n2nc(C(F)F)cc2C=CCCCc2ccc3c(c2)OCO3)cc1. The molecule has 2 N–H and O–H groups in total. The first kappa shape index (κ1) is 22.0. The van der Waals surface area contributed by atoms with E-state index >= 15 is 0 Å². The molecule has 32 heavy (non-hydrogen) atoms. The monoisotopic (exact) mass is 461 g/mol. The number of fused-ring (bicyclic) bond motifs is 1. The van der Waals surface area contributed by atoms with Gasteiger partial charge in [-0.2, -0.15) is 5.10 Å². The number of hydrogen-bond donors (Lipinski definition) is 1. The van der Waals surface area contributed by atoms with Crippen molar-refractivity contribution in [2.45, 2.75) is 30.6 Å². The first-order chi connectivity index (χ1) is 15.3. The van der Waals surface area contributed by atoms with Crippen molar-refractivity contribution in [3.05, 3.63) is 71.6 Å². The summed E-state index contributed by atoms with van der Waals surface area (Å²) in [5, 5.41) is 9.07. The van der Waals surface area contributed by atoms with Crippen LogP contribution in [0.25, 0.3) is 11.8 Å². The third kappa shape index (κ3) is 4.97. The summed E-state index contributed by atoms with van der Waals surface area (Å²) in [7, 11) is -3.85. The van der Waals surface area contributed by atoms with E-state index in [-0.39, 0.29) is 17.4 Å². The topological polar surface area (TPSA) is 96.4 Å². The number of ether oxygens (including phenoxy) is 2. The van der Waals surface area contributed by atoms with Crippen LogP contribution in [0.15, 0.2) is 59.5 Å². The van der Waals surface area contributed by atoms with Gasteiger partial charge in [0.15, 0.2) is 11.5 Å². The van der Waals surface area contributed by atoms with Gasteiger partial charge in [-0.15, -0.1) is 0 Å². The predicted octanol–water partition coefficient (Wildman–Crippen LogP) is 4.22. The first-order valence-electron chi connectivity index (χ1n) is 9.88. The number of unbranched alkanes of at least 4 members (excludes halogenated alkanes) is 1. The molecular formula is C22H21F2N3O4S. The molecule has 0 unspecified atom stereocenters. The molecule has 3 aromatic rings. The smallest absolute Gasteiger partial charge is 0.282 e. The number of allylic oxidation sites excluding steroid dienone is 1. The zero-order valence-corrected chi connectivity index (χ0v) is 17.8. The molecule has 1 aromatic heterocycles. The van der Waals surface area contributed by atoms with Gasteiger partial charge in [0.2, 0.25) is 16.8 Å². The van der Waals surface area contributed by atoms with Crippen LogP contribution in [-0.2, 0) is 16.4 Å². The zero-order valence-electron chi connectivity index (χ0n) is 16.9. The molecule has 0 spiro atoms. The molecule has 1 aliphatic heterocycles. The molecule has 2 heterocycles. The maximum Gasteiger partial charge on any atom is 0.282 e. The summed E-state index contributed by atoms with van der Waals surface area (Å²) in [5.74, 6) is 1.49. The number of rotatable bonds is 8. The Kier molecular flexibility index (Phi) is 6.24. The maximum atomic E-state index is 13.2. The number of hydrogen-bond acceptors (Lipinski definition) is 5. The third-order valence-corrected chi connectivity index (χ3v) is 5.88. The van der Waals surface area contributed by atoms with E-state index in [2.05, 4.69) is 5.10 Å². The van der Waals surface area contributed by atoms with Gasteiger partial charge >= 0.3 is 0 Å². The maximum absolute atomic E-state index is 13.2. The van der Waals surface area contributed by atoms with Gasteiger partial charge in [0, 0.05) is 0 Å². The molecule has 2 aromatic carbocycles. The van der Waals surface area contributed by atoms with Gasteiger partial charge in [-0.05, 0) is 73.4 Å². The largest absolute Gasteiger partial charge is 0.454 e. The van der Waals surface area contributed by atoms with E-state index in [1.807, 2.05) is 24.3 Å². The zero-order chi connectivity index (χ0) is 22.7. The standard InChI is InChI=1S/C22H21F2N3O4S/c23-22(24)19-13-17(27(26-19)16-7-9-18(10-8-16)32(25,28)29)5-3-1-2-4-15-6-11-20-21(12-15)31-14-30-20/h3,5-13,22H,1-2,4,14H2,(H2,25,28,29). The van der Waals surface area contributed by atoms with Crippen molar-refractivity contribution in [1.82, 2.24) is 9.78 Å². The molecular weight excluding hydrogens is 440 g/mol. The first-order valence-corrected chi connectivity index (χ1v) is 11.4. The van der Waals surface area contributed by atoms with Crippen LogP contribution in [0.5, 0.6) is 11.5 Å². The van der Waals surface area contributed by atoms with Gasteiger partial charge < -0.3 is 9.47 Å². The Labute approximate surface area is 184 Å². The van der Waals surface area contributed by atoms with Gasteiger partial charge in [-0.1, -0.05) is 12.1 Å². The number of nitrogens with two attached hydrogens (primary N) is 1. The quantitative estimate of drug-likeness (QED) is 0.507. The molecule has 1 aliphatic rings. The molecule has 10 heteroatoms. The summed E-state index contributed by atoms with van der Waals surface area (Å²) in [4.78, 5) is -0.0666. The minimum Gasteiger partial charge on any atom is -0.454 e. The number of nitrogens with zero attached hydrogens (tertiary/aromatic N) is 2. The van der Waals surface area contributed by atoms with E-state index in [1.165, 1.54) is 35.0 Å². The lowest BCUT2D eigenvalue weighted by Gasteiger charge is -2.06. The second kappa shape index (κ2) is 9.09. The highest BCUT2D eigenvalue weighted by molar-refractivity contribution is 7.89. The second-order valence-corrected chi connectivity index (χ2v) is 8.79. The van der Waals surface area contributed by atoms with Crippen LogP contribution >= 0.6 is 0 Å². The molecule has 0 fully saturated rings. The van der Waals surface area contributed by atoms with Crippen LogP contribution in [0.4, 0.5) is 8.78 Å². The van der Waals surface area contributed by atoms with Crippen LogP contribution in [-0.4, -0.2) is 25.0 Å². The summed E-state index contributed by atoms with van der Waals surface area (Å²) >= 11 is 0. The van der Waals surface area contributed by atoms with Crippen LogP contribution < -0.4 is 14.6 Å². The number of alkyl halides is 2. The van der Waals surface area contributed by atoms with Crippen LogP contribution in [0.2, 0.25) is 0 Å². The van der Waals surface area contributed by atoms with E-state index in [4.69, 9.17) is 14.6 Å². The number of aromatic nitrogens is 2. The molecule has 0 bridgehead atoms. The van der Waals surface area contributed by atoms with Crippen molar-refractivity contribution >= 4 is 16.1 Å². The summed E-state index contributed by atoms with van der Waals surface area (Å²) in [6.45, 7) is 0.237. The molecule has 0 saturated carbocycles. The lowest BCUT2D eigenvalue weighted by molar-refractivity contribution is 0.145. The Balaban J connectivity index is 1.45. The van der Waals surface area contributed by atoms with E-state index in [1.54, 1.807) is 6.08 Å². The van der Waals surface area contributed by atoms with E-state index < -0.39 is 16.4 Å². The van der Waals surface area contributed by atoms with E-state index in [0.717, 1.165) is 36.3 Å². The van der Waals surface area contributed by atoms with E-state index in [0.29, 0.717) is 11.4 Å². The number of aryl methyl sites for hydroxylation is 1. The van der Waals surface area contributed by atoms with Crippen molar-refractivity contribution in [3.63, 3.8) is 0 Å². The lowest BCUT2D eigenvalue weighted by atomic mass is 10.1. The number of halogens is 2. The molecule has 168 valence electrons. The highest BCUT2D eigenvalue weighted by atomic mass is 32.2. The molecule has 0 aliphatic carbocycles. The lowest BCUT2D eigenvalue weighted by Crippen LogP contribution is -2.12. The molecule has 7 nitrogen and oxygen atoms in total. The van der Waals surface area contributed by atoms with Crippen LogP contribution in [0.3, 0.4) is 0 Å². The van der Waals surface area contributed by atoms with Crippen molar-refractivity contribution in [1.29, 1.82) is 0 Å². The van der Waals surface area contributed by atoms with Crippen molar-refractivity contribution in [3.8, 4) is 17.2 Å². The van der Waals surface area contributed by atoms with Crippen LogP contribution in [0, 0.1) is 0 Å². The highest BCUT2D eigenvalue weighted by Gasteiger charge is 2.16. The summed E-state index contributed by atoms with van der Waals surface area (Å²) in [6, 6.07) is 12.7. The Bertz CT molecular complexity index is 1240. The van der Waals surface area contributed by atoms with Crippen molar-refractivity contribution in [2.75, 3.05) is 6.79 Å². The average molecular weight is 461 g/mol.